The number of methoxy groups -OCH3 is 1. The monoisotopic (exact) mass is 239 g/mol. The lowest BCUT2D eigenvalue weighted by Crippen LogP contribution is -1.81. The van der Waals surface area contributed by atoms with Crippen LogP contribution in [-0.2, 0) is 0 Å². The van der Waals surface area contributed by atoms with Crippen molar-refractivity contribution in [1.29, 1.82) is 0 Å². The van der Waals surface area contributed by atoms with Crippen molar-refractivity contribution in [2.75, 3.05) is 7.11 Å². The lowest BCUT2D eigenvalue weighted by molar-refractivity contribution is 0.306. The molecule has 1 aromatic heterocycles. The summed E-state index contributed by atoms with van der Waals surface area (Å²) < 4.78 is 10.8. The minimum atomic E-state index is 0.470. The Morgan fingerprint density at radius 2 is 1.83 bits per heavy atom. The first kappa shape index (κ1) is 10.8. The Kier molecular flexibility index (Phi) is 2.52. The first-order valence-electron chi connectivity index (χ1n) is 5.79. The summed E-state index contributed by atoms with van der Waals surface area (Å²) in [7, 11) is 1.58. The number of aryl methyl sites for hydroxylation is 1. The molecule has 3 rings (SSSR count). The van der Waals surface area contributed by atoms with E-state index in [4.69, 9.17) is 9.15 Å². The number of aromatic nitrogens is 1. The molecule has 0 aliphatic carbocycles. The van der Waals surface area contributed by atoms with Gasteiger partial charge in [0.05, 0.1) is 7.11 Å². The number of hydrogen-bond acceptors (Lipinski definition) is 3. The molecule has 0 N–H and O–H groups in total. The predicted molar refractivity (Wildman–Crippen MR) is 70.7 cm³/mol. The quantitative estimate of drug-likeness (QED) is 0.682. The highest BCUT2D eigenvalue weighted by atomic mass is 16.6. The Morgan fingerprint density at radius 3 is 2.61 bits per heavy atom. The lowest BCUT2D eigenvalue weighted by Gasteiger charge is -2.02. The maximum atomic E-state index is 5.62. The largest absolute Gasteiger partial charge is 0.467 e. The fourth-order valence-electron chi connectivity index (χ4n) is 2.10. The van der Waals surface area contributed by atoms with Gasteiger partial charge in [0.1, 0.15) is 5.69 Å². The van der Waals surface area contributed by atoms with Crippen LogP contribution in [0, 0.1) is 6.92 Å². The molecule has 0 aliphatic rings. The Labute approximate surface area is 105 Å². The molecule has 0 bridgehead atoms. The minimum absolute atomic E-state index is 0.470. The van der Waals surface area contributed by atoms with Crippen LogP contribution in [0.25, 0.3) is 22.2 Å². The van der Waals surface area contributed by atoms with Crippen molar-refractivity contribution in [2.45, 2.75) is 6.92 Å². The summed E-state index contributed by atoms with van der Waals surface area (Å²) in [6, 6.07) is 14.3. The van der Waals surface area contributed by atoms with Gasteiger partial charge < -0.3 is 9.15 Å². The van der Waals surface area contributed by atoms with Crippen molar-refractivity contribution in [3.05, 3.63) is 48.2 Å². The molecule has 3 heteroatoms. The van der Waals surface area contributed by atoms with Crippen LogP contribution < -0.4 is 4.74 Å². The number of hydrogen-bond donors (Lipinski definition) is 0. The minimum Gasteiger partial charge on any atom is -0.467 e. The van der Waals surface area contributed by atoms with Crippen LogP contribution in [0.15, 0.2) is 46.9 Å². The fraction of sp³-hybridized carbons (Fsp3) is 0.133. The molecule has 0 amide bonds. The first-order valence-corrected chi connectivity index (χ1v) is 5.79. The number of rotatable bonds is 2. The topological polar surface area (TPSA) is 35.3 Å². The van der Waals surface area contributed by atoms with Crippen molar-refractivity contribution in [3.63, 3.8) is 0 Å². The molecule has 0 radical (unpaired) electrons. The van der Waals surface area contributed by atoms with E-state index in [0.717, 1.165) is 16.6 Å². The van der Waals surface area contributed by atoms with Gasteiger partial charge in [-0.2, -0.15) is 0 Å². The van der Waals surface area contributed by atoms with Crippen LogP contribution in [0.5, 0.6) is 5.95 Å². The molecule has 90 valence electrons. The highest BCUT2D eigenvalue weighted by Gasteiger charge is 2.13. The van der Waals surface area contributed by atoms with Crippen molar-refractivity contribution in [1.82, 2.24) is 4.98 Å². The second-order valence-electron chi connectivity index (χ2n) is 4.12. The van der Waals surface area contributed by atoms with Gasteiger partial charge in [-0.25, -0.2) is 4.98 Å². The van der Waals surface area contributed by atoms with E-state index in [-0.39, 0.29) is 0 Å². The highest BCUT2D eigenvalue weighted by Crippen LogP contribution is 2.31. The van der Waals surface area contributed by atoms with Gasteiger partial charge in [-0.3, -0.25) is 0 Å². The maximum Gasteiger partial charge on any atom is 0.308 e. The molecule has 3 nitrogen and oxygen atoms in total. The molecule has 3 aromatic rings. The summed E-state index contributed by atoms with van der Waals surface area (Å²) >= 11 is 0. The van der Waals surface area contributed by atoms with Gasteiger partial charge in [-0.1, -0.05) is 36.4 Å². The second kappa shape index (κ2) is 4.18. The molecular weight excluding hydrogens is 226 g/mol. The number of benzene rings is 2. The van der Waals surface area contributed by atoms with Gasteiger partial charge in [-0.05, 0) is 23.8 Å². The summed E-state index contributed by atoms with van der Waals surface area (Å²) in [6.45, 7) is 1.87. The summed E-state index contributed by atoms with van der Waals surface area (Å²) in [5, 5.41) is 2.30. The fourth-order valence-corrected chi connectivity index (χ4v) is 2.10. The molecule has 0 atom stereocenters. The maximum absolute atomic E-state index is 5.62. The number of fused-ring (bicyclic) bond motifs is 1. The number of ether oxygens (including phenoxy) is 1. The molecule has 0 spiro atoms. The molecule has 0 aliphatic heterocycles. The van der Waals surface area contributed by atoms with E-state index in [1.165, 1.54) is 5.39 Å². The average molecular weight is 239 g/mol. The smallest absolute Gasteiger partial charge is 0.308 e. The molecule has 2 aromatic carbocycles. The van der Waals surface area contributed by atoms with Crippen LogP contribution in [0.1, 0.15) is 5.69 Å². The van der Waals surface area contributed by atoms with E-state index in [2.05, 4.69) is 23.2 Å². The van der Waals surface area contributed by atoms with E-state index in [0.29, 0.717) is 11.8 Å². The zero-order valence-electron chi connectivity index (χ0n) is 10.3. The van der Waals surface area contributed by atoms with E-state index < -0.39 is 0 Å². The summed E-state index contributed by atoms with van der Waals surface area (Å²) in [5.41, 5.74) is 1.75. The van der Waals surface area contributed by atoms with Gasteiger partial charge in [-0.15, -0.1) is 0 Å². The molecule has 0 unspecified atom stereocenters. The molecular formula is C15H13NO2. The summed E-state index contributed by atoms with van der Waals surface area (Å²) in [4.78, 5) is 4.41. The van der Waals surface area contributed by atoms with Crippen LogP contribution in [0.4, 0.5) is 0 Å². The normalized spacial score (nSPS) is 10.8. The Bertz CT molecular complexity index is 695. The van der Waals surface area contributed by atoms with Crippen LogP contribution in [0.2, 0.25) is 0 Å². The number of oxazole rings is 1. The van der Waals surface area contributed by atoms with E-state index in [1.54, 1.807) is 7.11 Å². The van der Waals surface area contributed by atoms with Crippen molar-refractivity contribution in [2.24, 2.45) is 0 Å². The summed E-state index contributed by atoms with van der Waals surface area (Å²) in [5.74, 6) is 1.07. The Balaban J connectivity index is 2.24. The lowest BCUT2D eigenvalue weighted by atomic mass is 10.0. The van der Waals surface area contributed by atoms with Gasteiger partial charge in [0.15, 0.2) is 0 Å². The van der Waals surface area contributed by atoms with Crippen LogP contribution in [-0.4, -0.2) is 12.1 Å². The van der Waals surface area contributed by atoms with E-state index >= 15 is 0 Å². The molecule has 0 saturated heterocycles. The Morgan fingerprint density at radius 1 is 1.06 bits per heavy atom. The molecule has 1 heterocycles. The predicted octanol–water partition coefficient (Wildman–Crippen LogP) is 3.81. The Hall–Kier alpha value is -2.29. The third-order valence-electron chi connectivity index (χ3n) is 2.96. The molecule has 18 heavy (non-hydrogen) atoms. The van der Waals surface area contributed by atoms with E-state index in [9.17, 15) is 0 Å². The third-order valence-corrected chi connectivity index (χ3v) is 2.96. The first-order chi connectivity index (χ1) is 8.79. The second-order valence-corrected chi connectivity index (χ2v) is 4.12. The zero-order valence-corrected chi connectivity index (χ0v) is 10.3. The summed E-state index contributed by atoms with van der Waals surface area (Å²) in [6.07, 6.45) is 0. The van der Waals surface area contributed by atoms with Gasteiger partial charge in [0.2, 0.25) is 5.89 Å². The van der Waals surface area contributed by atoms with Crippen molar-refractivity contribution >= 4 is 10.8 Å². The van der Waals surface area contributed by atoms with E-state index in [1.807, 2.05) is 31.2 Å². The SMILES string of the molecule is COc1oc(-c2cccc3ccccc23)nc1C. The molecule has 0 saturated carbocycles. The third kappa shape index (κ3) is 1.64. The number of nitrogens with zero attached hydrogens (tertiary/aromatic N) is 1. The van der Waals surface area contributed by atoms with Crippen LogP contribution >= 0.6 is 0 Å². The van der Waals surface area contributed by atoms with Crippen LogP contribution in [0.3, 0.4) is 0 Å². The standard InChI is InChI=1S/C15H13NO2/c1-10-15(17-2)18-14(16-10)13-9-5-7-11-6-3-4-8-12(11)13/h3-9H,1-2H3. The van der Waals surface area contributed by atoms with Gasteiger partial charge in [0, 0.05) is 5.56 Å². The van der Waals surface area contributed by atoms with Crippen molar-refractivity contribution < 1.29 is 9.15 Å². The zero-order chi connectivity index (χ0) is 12.5. The average Bonchev–Trinajstić information content (AvgIpc) is 2.79. The van der Waals surface area contributed by atoms with Gasteiger partial charge in [0.25, 0.3) is 0 Å². The molecule has 0 fully saturated rings. The van der Waals surface area contributed by atoms with Crippen molar-refractivity contribution in [3.8, 4) is 17.4 Å². The van der Waals surface area contributed by atoms with Gasteiger partial charge >= 0.3 is 5.95 Å². The highest BCUT2D eigenvalue weighted by molar-refractivity contribution is 5.94.